The van der Waals surface area contributed by atoms with Gasteiger partial charge in [-0.15, -0.1) is 0 Å². The summed E-state index contributed by atoms with van der Waals surface area (Å²) in [5, 5.41) is 13.1. The fourth-order valence-corrected chi connectivity index (χ4v) is 1.96. The van der Waals surface area contributed by atoms with Gasteiger partial charge in [0.25, 0.3) is 0 Å². The molecule has 2 N–H and O–H groups in total. The fourth-order valence-electron chi connectivity index (χ4n) is 1.96. The van der Waals surface area contributed by atoms with Crippen molar-refractivity contribution in [3.05, 3.63) is 71.5 Å². The van der Waals surface area contributed by atoms with E-state index < -0.39 is 6.10 Å². The maximum atomic E-state index is 13.0. The van der Waals surface area contributed by atoms with Crippen LogP contribution in [0.1, 0.15) is 17.2 Å². The molecule has 2 aromatic rings. The summed E-state index contributed by atoms with van der Waals surface area (Å²) >= 11 is 0. The Bertz CT molecular complexity index is 501. The van der Waals surface area contributed by atoms with Gasteiger partial charge in [-0.1, -0.05) is 42.5 Å². The van der Waals surface area contributed by atoms with Gasteiger partial charge in [-0.25, -0.2) is 4.39 Å². The van der Waals surface area contributed by atoms with E-state index in [1.165, 1.54) is 12.1 Å². The monoisotopic (exact) mass is 259 g/mol. The molecule has 0 saturated heterocycles. The minimum atomic E-state index is -0.506. The van der Waals surface area contributed by atoms with Crippen LogP contribution in [0.4, 0.5) is 4.39 Å². The molecule has 2 aromatic carbocycles. The van der Waals surface area contributed by atoms with Crippen LogP contribution in [-0.4, -0.2) is 18.2 Å². The van der Waals surface area contributed by atoms with Crippen LogP contribution in [0.25, 0.3) is 0 Å². The van der Waals surface area contributed by atoms with Crippen molar-refractivity contribution in [3.8, 4) is 0 Å². The summed E-state index contributed by atoms with van der Waals surface area (Å²) in [6, 6.07) is 16.1. The number of benzene rings is 2. The lowest BCUT2D eigenvalue weighted by atomic mass is 10.1. The van der Waals surface area contributed by atoms with Gasteiger partial charge in [0.05, 0.1) is 6.10 Å². The normalized spacial score (nSPS) is 12.3. The summed E-state index contributed by atoms with van der Waals surface area (Å²) in [5.74, 6) is -0.207. The largest absolute Gasteiger partial charge is 0.387 e. The summed E-state index contributed by atoms with van der Waals surface area (Å²) in [6.45, 7) is 1.21. The Balaban J connectivity index is 1.72. The lowest BCUT2D eigenvalue weighted by Gasteiger charge is -2.12. The highest BCUT2D eigenvalue weighted by molar-refractivity contribution is 5.18. The van der Waals surface area contributed by atoms with E-state index in [0.29, 0.717) is 13.1 Å². The number of aliphatic hydroxyl groups is 1. The van der Waals surface area contributed by atoms with Crippen LogP contribution in [-0.2, 0) is 6.42 Å². The first-order valence-electron chi connectivity index (χ1n) is 6.44. The van der Waals surface area contributed by atoms with Gasteiger partial charge in [0, 0.05) is 6.54 Å². The van der Waals surface area contributed by atoms with E-state index in [9.17, 15) is 9.50 Å². The van der Waals surface area contributed by atoms with Crippen LogP contribution >= 0.6 is 0 Å². The highest BCUT2D eigenvalue weighted by atomic mass is 19.1. The standard InChI is InChI=1S/C16H18FNO/c17-15-8-4-5-13(11-15)9-10-18-12-16(19)14-6-2-1-3-7-14/h1-8,11,16,18-19H,9-10,12H2. The van der Waals surface area contributed by atoms with Gasteiger partial charge in [-0.3, -0.25) is 0 Å². The van der Waals surface area contributed by atoms with E-state index in [2.05, 4.69) is 5.32 Å². The van der Waals surface area contributed by atoms with Gasteiger partial charge < -0.3 is 10.4 Å². The molecular weight excluding hydrogens is 241 g/mol. The first-order valence-corrected chi connectivity index (χ1v) is 6.44. The van der Waals surface area contributed by atoms with Crippen LogP contribution < -0.4 is 5.32 Å². The molecule has 0 bridgehead atoms. The van der Waals surface area contributed by atoms with Crippen molar-refractivity contribution in [2.75, 3.05) is 13.1 Å². The second-order valence-corrected chi connectivity index (χ2v) is 4.51. The van der Waals surface area contributed by atoms with Crippen molar-refractivity contribution in [1.29, 1.82) is 0 Å². The molecule has 0 aliphatic carbocycles. The van der Waals surface area contributed by atoms with Crippen molar-refractivity contribution in [3.63, 3.8) is 0 Å². The zero-order valence-electron chi connectivity index (χ0n) is 10.7. The summed E-state index contributed by atoms with van der Waals surface area (Å²) < 4.78 is 13.0. The maximum absolute atomic E-state index is 13.0. The van der Waals surface area contributed by atoms with Crippen molar-refractivity contribution >= 4 is 0 Å². The van der Waals surface area contributed by atoms with Crippen LogP contribution in [0.2, 0.25) is 0 Å². The average Bonchev–Trinajstić information content (AvgIpc) is 2.44. The second-order valence-electron chi connectivity index (χ2n) is 4.51. The smallest absolute Gasteiger partial charge is 0.123 e. The number of nitrogens with one attached hydrogen (secondary N) is 1. The summed E-state index contributed by atoms with van der Waals surface area (Å²) in [5.41, 5.74) is 1.86. The number of aliphatic hydroxyl groups excluding tert-OH is 1. The van der Waals surface area contributed by atoms with Crippen molar-refractivity contribution < 1.29 is 9.50 Å². The van der Waals surface area contributed by atoms with Crippen LogP contribution in [0, 0.1) is 5.82 Å². The Morgan fingerprint density at radius 2 is 1.84 bits per heavy atom. The predicted octanol–water partition coefficient (Wildman–Crippen LogP) is 2.69. The third-order valence-corrected chi connectivity index (χ3v) is 3.00. The topological polar surface area (TPSA) is 32.3 Å². The Labute approximate surface area is 112 Å². The zero-order chi connectivity index (χ0) is 13.5. The Kier molecular flexibility index (Phi) is 5.07. The van der Waals surface area contributed by atoms with E-state index in [-0.39, 0.29) is 5.82 Å². The SMILES string of the molecule is OC(CNCCc1cccc(F)c1)c1ccccc1. The van der Waals surface area contributed by atoms with Gasteiger partial charge in [-0.05, 0) is 36.2 Å². The van der Waals surface area contributed by atoms with E-state index >= 15 is 0 Å². The molecule has 19 heavy (non-hydrogen) atoms. The highest BCUT2D eigenvalue weighted by Crippen LogP contribution is 2.10. The molecule has 3 heteroatoms. The quantitative estimate of drug-likeness (QED) is 0.782. The lowest BCUT2D eigenvalue weighted by molar-refractivity contribution is 0.175. The molecule has 0 heterocycles. The predicted molar refractivity (Wildman–Crippen MR) is 74.4 cm³/mol. The molecule has 100 valence electrons. The van der Waals surface area contributed by atoms with Crippen LogP contribution in [0.3, 0.4) is 0 Å². The number of hydrogen-bond acceptors (Lipinski definition) is 2. The van der Waals surface area contributed by atoms with E-state index in [4.69, 9.17) is 0 Å². The second kappa shape index (κ2) is 7.02. The number of hydrogen-bond donors (Lipinski definition) is 2. The van der Waals surface area contributed by atoms with Gasteiger partial charge in [0.2, 0.25) is 0 Å². The minimum absolute atomic E-state index is 0.207. The van der Waals surface area contributed by atoms with E-state index in [1.54, 1.807) is 6.07 Å². The molecule has 0 saturated carbocycles. The van der Waals surface area contributed by atoms with Gasteiger partial charge >= 0.3 is 0 Å². The zero-order valence-corrected chi connectivity index (χ0v) is 10.7. The number of halogens is 1. The molecule has 0 fully saturated rings. The Morgan fingerprint density at radius 3 is 2.58 bits per heavy atom. The minimum Gasteiger partial charge on any atom is -0.387 e. The molecule has 0 aliphatic heterocycles. The highest BCUT2D eigenvalue weighted by Gasteiger charge is 2.05. The summed E-state index contributed by atoms with van der Waals surface area (Å²) in [4.78, 5) is 0. The first-order chi connectivity index (χ1) is 9.25. The van der Waals surface area contributed by atoms with E-state index in [0.717, 1.165) is 17.5 Å². The first kappa shape index (κ1) is 13.7. The lowest BCUT2D eigenvalue weighted by Crippen LogP contribution is -2.23. The van der Waals surface area contributed by atoms with Gasteiger partial charge in [-0.2, -0.15) is 0 Å². The van der Waals surface area contributed by atoms with Crippen molar-refractivity contribution in [2.45, 2.75) is 12.5 Å². The summed E-state index contributed by atoms with van der Waals surface area (Å²) in [7, 11) is 0. The molecule has 0 aromatic heterocycles. The van der Waals surface area contributed by atoms with Crippen molar-refractivity contribution in [2.24, 2.45) is 0 Å². The Hall–Kier alpha value is -1.71. The molecule has 2 rings (SSSR count). The molecule has 0 radical (unpaired) electrons. The molecule has 1 atom stereocenters. The molecule has 0 amide bonds. The van der Waals surface area contributed by atoms with Crippen molar-refractivity contribution in [1.82, 2.24) is 5.32 Å². The van der Waals surface area contributed by atoms with E-state index in [1.807, 2.05) is 36.4 Å². The van der Waals surface area contributed by atoms with Gasteiger partial charge in [0.15, 0.2) is 0 Å². The van der Waals surface area contributed by atoms with Gasteiger partial charge in [0.1, 0.15) is 5.82 Å². The fraction of sp³-hybridized carbons (Fsp3) is 0.250. The summed E-state index contributed by atoms with van der Waals surface area (Å²) in [6.07, 6.45) is 0.243. The van der Waals surface area contributed by atoms with Crippen LogP contribution in [0.15, 0.2) is 54.6 Å². The molecule has 1 unspecified atom stereocenters. The Morgan fingerprint density at radius 1 is 1.05 bits per heavy atom. The molecular formula is C16H18FNO. The third kappa shape index (κ3) is 4.47. The molecule has 0 aliphatic rings. The molecule has 2 nitrogen and oxygen atoms in total. The molecule has 0 spiro atoms. The maximum Gasteiger partial charge on any atom is 0.123 e. The van der Waals surface area contributed by atoms with Crippen LogP contribution in [0.5, 0.6) is 0 Å². The number of rotatable bonds is 6. The average molecular weight is 259 g/mol. The third-order valence-electron chi connectivity index (χ3n) is 3.00.